The van der Waals surface area contributed by atoms with Gasteiger partial charge in [0.15, 0.2) is 0 Å². The van der Waals surface area contributed by atoms with Crippen molar-refractivity contribution >= 4 is 12.2 Å². The highest BCUT2D eigenvalue weighted by atomic mass is 16.6. The van der Waals surface area contributed by atoms with Crippen molar-refractivity contribution in [3.63, 3.8) is 0 Å². The molecule has 2 aliphatic rings. The summed E-state index contributed by atoms with van der Waals surface area (Å²) >= 11 is 0. The SMILES string of the molecule is O=C1OCCN1COCCOCN1CCOC1=O. The second-order valence-corrected chi connectivity index (χ2v) is 3.83. The number of ether oxygens (including phenoxy) is 4. The average molecular weight is 260 g/mol. The summed E-state index contributed by atoms with van der Waals surface area (Å²) in [5, 5.41) is 0. The van der Waals surface area contributed by atoms with Gasteiger partial charge in [-0.15, -0.1) is 0 Å². The first kappa shape index (κ1) is 12.9. The maximum Gasteiger partial charge on any atom is 0.411 e. The predicted octanol–water partition coefficient (Wildman–Crippen LogP) is -0.161. The minimum absolute atomic E-state index is 0.202. The predicted molar refractivity (Wildman–Crippen MR) is 57.7 cm³/mol. The maximum atomic E-state index is 11.0. The van der Waals surface area contributed by atoms with Crippen molar-refractivity contribution in [1.82, 2.24) is 9.80 Å². The van der Waals surface area contributed by atoms with Gasteiger partial charge >= 0.3 is 12.2 Å². The Labute approximate surface area is 104 Å². The van der Waals surface area contributed by atoms with Crippen molar-refractivity contribution in [2.45, 2.75) is 0 Å². The Morgan fingerprint density at radius 1 is 0.889 bits per heavy atom. The molecule has 2 fully saturated rings. The summed E-state index contributed by atoms with van der Waals surface area (Å²) in [7, 11) is 0. The number of rotatable bonds is 7. The summed E-state index contributed by atoms with van der Waals surface area (Å²) in [6, 6.07) is 0. The lowest BCUT2D eigenvalue weighted by Gasteiger charge is -2.14. The molecule has 0 aromatic carbocycles. The van der Waals surface area contributed by atoms with E-state index in [-0.39, 0.29) is 25.6 Å². The molecule has 0 atom stereocenters. The van der Waals surface area contributed by atoms with E-state index >= 15 is 0 Å². The fourth-order valence-electron chi connectivity index (χ4n) is 1.55. The van der Waals surface area contributed by atoms with Crippen molar-refractivity contribution in [3.8, 4) is 0 Å². The number of nitrogens with zero attached hydrogens (tertiary/aromatic N) is 2. The summed E-state index contributed by atoms with van der Waals surface area (Å²) < 4.78 is 20.0. The molecular weight excluding hydrogens is 244 g/mol. The molecule has 2 aliphatic heterocycles. The molecule has 0 N–H and O–H groups in total. The number of amides is 2. The van der Waals surface area contributed by atoms with Crippen LogP contribution >= 0.6 is 0 Å². The number of carbonyl (C=O) groups is 2. The summed E-state index contributed by atoms with van der Waals surface area (Å²) in [6.07, 6.45) is -0.702. The van der Waals surface area contributed by atoms with Crippen LogP contribution in [0.5, 0.6) is 0 Å². The van der Waals surface area contributed by atoms with Crippen LogP contribution in [0.2, 0.25) is 0 Å². The van der Waals surface area contributed by atoms with Gasteiger partial charge < -0.3 is 18.9 Å². The van der Waals surface area contributed by atoms with Gasteiger partial charge in [-0.2, -0.15) is 0 Å². The second kappa shape index (κ2) is 6.41. The third-order valence-electron chi connectivity index (χ3n) is 2.56. The fourth-order valence-corrected chi connectivity index (χ4v) is 1.55. The molecule has 2 heterocycles. The Bertz CT molecular complexity index is 281. The Balaban J connectivity index is 1.46. The van der Waals surface area contributed by atoms with Crippen molar-refractivity contribution in [3.05, 3.63) is 0 Å². The molecule has 0 bridgehead atoms. The second-order valence-electron chi connectivity index (χ2n) is 3.83. The van der Waals surface area contributed by atoms with Gasteiger partial charge in [0.2, 0.25) is 0 Å². The third-order valence-corrected chi connectivity index (χ3v) is 2.56. The van der Waals surface area contributed by atoms with Gasteiger partial charge in [0.1, 0.15) is 26.7 Å². The minimum atomic E-state index is -0.351. The van der Waals surface area contributed by atoms with Crippen LogP contribution in [0.4, 0.5) is 9.59 Å². The van der Waals surface area contributed by atoms with E-state index in [1.807, 2.05) is 0 Å². The number of cyclic esters (lactones) is 2. The largest absolute Gasteiger partial charge is 0.447 e. The Hall–Kier alpha value is -1.54. The van der Waals surface area contributed by atoms with Crippen LogP contribution in [0, 0.1) is 0 Å². The molecule has 0 spiro atoms. The molecule has 2 saturated heterocycles. The minimum Gasteiger partial charge on any atom is -0.447 e. The average Bonchev–Trinajstić information content (AvgIpc) is 2.94. The van der Waals surface area contributed by atoms with Gasteiger partial charge in [-0.05, 0) is 0 Å². The molecule has 0 unspecified atom stereocenters. The molecule has 2 rings (SSSR count). The van der Waals surface area contributed by atoms with E-state index in [4.69, 9.17) is 18.9 Å². The lowest BCUT2D eigenvalue weighted by Crippen LogP contribution is -2.29. The van der Waals surface area contributed by atoms with E-state index in [1.54, 1.807) is 0 Å². The quantitative estimate of drug-likeness (QED) is 0.592. The van der Waals surface area contributed by atoms with Crippen LogP contribution in [0.3, 0.4) is 0 Å². The van der Waals surface area contributed by atoms with E-state index < -0.39 is 0 Å². The standard InChI is InChI=1S/C10H16N2O6/c13-9-11(1-3-17-9)7-15-5-6-16-8-12-2-4-18-10(12)14/h1-8H2. The van der Waals surface area contributed by atoms with Gasteiger partial charge in [0.05, 0.1) is 26.3 Å². The highest BCUT2D eigenvalue weighted by Gasteiger charge is 2.22. The van der Waals surface area contributed by atoms with Crippen molar-refractivity contribution in [2.75, 3.05) is 53.0 Å². The van der Waals surface area contributed by atoms with E-state index in [2.05, 4.69) is 0 Å². The van der Waals surface area contributed by atoms with E-state index in [0.29, 0.717) is 39.5 Å². The zero-order valence-corrected chi connectivity index (χ0v) is 10.0. The van der Waals surface area contributed by atoms with Crippen molar-refractivity contribution < 1.29 is 28.5 Å². The van der Waals surface area contributed by atoms with Crippen LogP contribution in [0.15, 0.2) is 0 Å². The van der Waals surface area contributed by atoms with Crippen LogP contribution < -0.4 is 0 Å². The zero-order valence-electron chi connectivity index (χ0n) is 10.0. The first-order chi connectivity index (χ1) is 8.77. The molecule has 0 radical (unpaired) electrons. The monoisotopic (exact) mass is 260 g/mol. The van der Waals surface area contributed by atoms with E-state index in [1.165, 1.54) is 9.80 Å². The molecule has 8 nitrogen and oxygen atoms in total. The number of carbonyl (C=O) groups excluding carboxylic acids is 2. The topological polar surface area (TPSA) is 77.5 Å². The fraction of sp³-hybridized carbons (Fsp3) is 0.800. The molecular formula is C10H16N2O6. The van der Waals surface area contributed by atoms with Gasteiger partial charge in [-0.3, -0.25) is 9.80 Å². The van der Waals surface area contributed by atoms with E-state index in [0.717, 1.165) is 0 Å². The molecule has 8 heteroatoms. The lowest BCUT2D eigenvalue weighted by atomic mass is 10.6. The van der Waals surface area contributed by atoms with Gasteiger partial charge in [-0.1, -0.05) is 0 Å². The molecule has 102 valence electrons. The van der Waals surface area contributed by atoms with Crippen LogP contribution in [0.1, 0.15) is 0 Å². The lowest BCUT2D eigenvalue weighted by molar-refractivity contribution is -0.0111. The molecule has 2 amide bonds. The molecule has 0 aromatic heterocycles. The van der Waals surface area contributed by atoms with Gasteiger partial charge in [0, 0.05) is 0 Å². The normalized spacial score (nSPS) is 19.3. The number of hydrogen-bond acceptors (Lipinski definition) is 6. The summed E-state index contributed by atoms with van der Waals surface area (Å²) in [5.74, 6) is 0. The molecule has 0 aliphatic carbocycles. The van der Waals surface area contributed by atoms with Gasteiger partial charge in [-0.25, -0.2) is 9.59 Å². The number of hydrogen-bond donors (Lipinski definition) is 0. The highest BCUT2D eigenvalue weighted by Crippen LogP contribution is 2.03. The highest BCUT2D eigenvalue weighted by molar-refractivity contribution is 5.69. The smallest absolute Gasteiger partial charge is 0.411 e. The summed E-state index contributed by atoms with van der Waals surface area (Å²) in [6.45, 7) is 3.05. The molecule has 18 heavy (non-hydrogen) atoms. The van der Waals surface area contributed by atoms with Gasteiger partial charge in [0.25, 0.3) is 0 Å². The van der Waals surface area contributed by atoms with Crippen molar-refractivity contribution in [2.24, 2.45) is 0 Å². The molecule has 0 aromatic rings. The maximum absolute atomic E-state index is 11.0. The Morgan fingerprint density at radius 3 is 1.67 bits per heavy atom. The summed E-state index contributed by atoms with van der Waals surface area (Å²) in [4.78, 5) is 25.0. The zero-order chi connectivity index (χ0) is 12.8. The first-order valence-corrected chi connectivity index (χ1v) is 5.76. The van der Waals surface area contributed by atoms with E-state index in [9.17, 15) is 9.59 Å². The van der Waals surface area contributed by atoms with Crippen molar-refractivity contribution in [1.29, 1.82) is 0 Å². The van der Waals surface area contributed by atoms with Crippen LogP contribution in [0.25, 0.3) is 0 Å². The Kier molecular flexibility index (Phi) is 4.59. The van der Waals surface area contributed by atoms with Crippen LogP contribution in [-0.2, 0) is 18.9 Å². The Morgan fingerprint density at radius 2 is 1.33 bits per heavy atom. The third kappa shape index (κ3) is 3.47. The summed E-state index contributed by atoms with van der Waals surface area (Å²) in [5.41, 5.74) is 0. The van der Waals surface area contributed by atoms with Crippen LogP contribution in [-0.4, -0.2) is 75.0 Å². The first-order valence-electron chi connectivity index (χ1n) is 5.76. The molecule has 0 saturated carbocycles.